The third-order valence-corrected chi connectivity index (χ3v) is 6.70. The largest absolute Gasteiger partial charge is 0.468 e. The number of hydrogen-bond donors (Lipinski definition) is 1. The van der Waals surface area contributed by atoms with E-state index >= 15 is 0 Å². The van der Waals surface area contributed by atoms with Crippen molar-refractivity contribution in [3.8, 4) is 5.88 Å². The average molecular weight is 481 g/mol. The van der Waals surface area contributed by atoms with Gasteiger partial charge in [0.15, 0.2) is 5.13 Å². The molecule has 9 heteroatoms. The van der Waals surface area contributed by atoms with Crippen molar-refractivity contribution in [3.63, 3.8) is 0 Å². The molecule has 8 nitrogen and oxygen atoms in total. The number of aromatic nitrogens is 3. The second-order valence-corrected chi connectivity index (χ2v) is 9.00. The van der Waals surface area contributed by atoms with Crippen LogP contribution in [0.3, 0.4) is 0 Å². The molecule has 3 heterocycles. The van der Waals surface area contributed by atoms with Crippen molar-refractivity contribution >= 4 is 32.7 Å². The van der Waals surface area contributed by atoms with Gasteiger partial charge in [-0.1, -0.05) is 29.5 Å². The maximum atomic E-state index is 12.8. The number of para-hydroxylation sites is 1. The van der Waals surface area contributed by atoms with E-state index in [0.29, 0.717) is 43.4 Å². The molecule has 0 amide bonds. The van der Waals surface area contributed by atoms with Crippen LogP contribution in [0.25, 0.3) is 10.2 Å². The standard InChI is InChI=1S/C25H28N4O4S/c1-4-18(10-9-17(2)28-24-29-19-7-5-6-8-20(19)34-24)33-22-21(26-13-14-27-22)25(23(30)31-3)11-15-32-16-12-25/h4-10,13-14,17H,11-12,15-16H2,1-3H3,(H,28,29)/b10-9-,18-4+. The van der Waals surface area contributed by atoms with Crippen LogP contribution in [0.2, 0.25) is 0 Å². The summed E-state index contributed by atoms with van der Waals surface area (Å²) < 4.78 is 17.9. The van der Waals surface area contributed by atoms with Gasteiger partial charge < -0.3 is 19.5 Å². The average Bonchev–Trinajstić information content (AvgIpc) is 3.28. The molecule has 1 unspecified atom stereocenters. The second-order valence-electron chi connectivity index (χ2n) is 7.97. The highest BCUT2D eigenvalue weighted by molar-refractivity contribution is 7.22. The molecule has 1 aliphatic rings. The predicted octanol–water partition coefficient (Wildman–Crippen LogP) is 4.65. The van der Waals surface area contributed by atoms with E-state index in [-0.39, 0.29) is 12.0 Å². The minimum atomic E-state index is -0.944. The SMILES string of the molecule is C/C=C(\C=C/C(C)Nc1nc2ccccc2s1)Oc1nccnc1C1(C(=O)OC)CCOCC1. The number of fused-ring (bicyclic) bond motifs is 1. The van der Waals surface area contributed by atoms with E-state index in [0.717, 1.165) is 15.3 Å². The molecule has 34 heavy (non-hydrogen) atoms. The van der Waals surface area contributed by atoms with Gasteiger partial charge in [-0.15, -0.1) is 0 Å². The Labute approximate surface area is 202 Å². The molecular weight excluding hydrogens is 452 g/mol. The summed E-state index contributed by atoms with van der Waals surface area (Å²) >= 11 is 1.62. The van der Waals surface area contributed by atoms with Crippen LogP contribution in [-0.4, -0.2) is 47.3 Å². The van der Waals surface area contributed by atoms with Gasteiger partial charge in [-0.05, 0) is 51.0 Å². The summed E-state index contributed by atoms with van der Waals surface area (Å²) in [6.45, 7) is 4.80. The summed E-state index contributed by atoms with van der Waals surface area (Å²) in [4.78, 5) is 26.3. The summed E-state index contributed by atoms with van der Waals surface area (Å²) in [5, 5.41) is 4.26. The molecular formula is C25H28N4O4S. The van der Waals surface area contributed by atoms with Gasteiger partial charge in [-0.25, -0.2) is 9.97 Å². The first-order valence-electron chi connectivity index (χ1n) is 11.2. The van der Waals surface area contributed by atoms with E-state index in [1.165, 1.54) is 7.11 Å². The van der Waals surface area contributed by atoms with E-state index in [2.05, 4.69) is 26.3 Å². The van der Waals surface area contributed by atoms with Gasteiger partial charge in [-0.2, -0.15) is 0 Å². The number of benzene rings is 1. The number of methoxy groups -OCH3 is 1. The fourth-order valence-electron chi connectivity index (χ4n) is 3.90. The van der Waals surface area contributed by atoms with Crippen LogP contribution in [-0.2, 0) is 19.7 Å². The number of carbonyl (C=O) groups excluding carboxylic acids is 1. The number of rotatable bonds is 8. The number of hydrogen-bond acceptors (Lipinski definition) is 9. The molecule has 0 bridgehead atoms. The van der Waals surface area contributed by atoms with Crippen LogP contribution < -0.4 is 10.1 Å². The van der Waals surface area contributed by atoms with Crippen LogP contribution in [0.4, 0.5) is 5.13 Å². The first-order chi connectivity index (χ1) is 16.6. The number of nitrogens with one attached hydrogen (secondary N) is 1. The van der Waals surface area contributed by atoms with Gasteiger partial charge >= 0.3 is 5.97 Å². The zero-order valence-electron chi connectivity index (χ0n) is 19.5. The molecule has 178 valence electrons. The number of esters is 1. The zero-order valence-corrected chi connectivity index (χ0v) is 20.3. The Balaban J connectivity index is 1.50. The van der Waals surface area contributed by atoms with Crippen molar-refractivity contribution in [2.24, 2.45) is 0 Å². The minimum Gasteiger partial charge on any atom is -0.468 e. The van der Waals surface area contributed by atoms with Crippen molar-refractivity contribution in [2.45, 2.75) is 38.1 Å². The molecule has 0 spiro atoms. The normalized spacial score (nSPS) is 17.0. The third kappa shape index (κ3) is 5.10. The lowest BCUT2D eigenvalue weighted by atomic mass is 9.77. The van der Waals surface area contributed by atoms with E-state index < -0.39 is 5.41 Å². The van der Waals surface area contributed by atoms with Gasteiger partial charge in [-0.3, -0.25) is 9.78 Å². The molecule has 0 aliphatic carbocycles. The van der Waals surface area contributed by atoms with Crippen LogP contribution >= 0.6 is 11.3 Å². The monoisotopic (exact) mass is 480 g/mol. The Hall–Kier alpha value is -3.30. The first-order valence-corrected chi connectivity index (χ1v) is 12.0. The van der Waals surface area contributed by atoms with Gasteiger partial charge in [0, 0.05) is 31.6 Å². The van der Waals surface area contributed by atoms with Crippen LogP contribution in [0, 0.1) is 0 Å². The highest BCUT2D eigenvalue weighted by atomic mass is 32.1. The maximum Gasteiger partial charge on any atom is 0.318 e. The van der Waals surface area contributed by atoms with Gasteiger partial charge in [0.25, 0.3) is 0 Å². The molecule has 1 atom stereocenters. The van der Waals surface area contributed by atoms with Crippen molar-refractivity contribution in [3.05, 3.63) is 66.3 Å². The van der Waals surface area contributed by atoms with E-state index in [1.54, 1.807) is 23.7 Å². The molecule has 1 fully saturated rings. The Morgan fingerprint density at radius 3 is 2.74 bits per heavy atom. The molecule has 0 radical (unpaired) electrons. The predicted molar refractivity (Wildman–Crippen MR) is 132 cm³/mol. The lowest BCUT2D eigenvalue weighted by Crippen LogP contribution is -2.43. The number of nitrogens with zero attached hydrogens (tertiary/aromatic N) is 3. The molecule has 1 aromatic carbocycles. The Bertz CT molecular complexity index is 1170. The number of thiazole rings is 1. The zero-order chi connectivity index (χ0) is 24.0. The van der Waals surface area contributed by atoms with E-state index in [9.17, 15) is 4.79 Å². The highest BCUT2D eigenvalue weighted by Crippen LogP contribution is 2.39. The summed E-state index contributed by atoms with van der Waals surface area (Å²) in [6.07, 6.45) is 9.74. The molecule has 1 N–H and O–H groups in total. The number of allylic oxidation sites excluding steroid dienone is 2. The number of anilines is 1. The van der Waals surface area contributed by atoms with Crippen molar-refractivity contribution < 1.29 is 19.0 Å². The molecule has 1 saturated heterocycles. The van der Waals surface area contributed by atoms with Gasteiger partial charge in [0.05, 0.1) is 17.3 Å². The van der Waals surface area contributed by atoms with Crippen molar-refractivity contribution in [1.82, 2.24) is 15.0 Å². The molecule has 2 aromatic heterocycles. The molecule has 3 aromatic rings. The molecule has 0 saturated carbocycles. The lowest BCUT2D eigenvalue weighted by Gasteiger charge is -2.34. The molecule has 4 rings (SSSR count). The maximum absolute atomic E-state index is 12.8. The summed E-state index contributed by atoms with van der Waals surface area (Å²) in [7, 11) is 1.39. The summed E-state index contributed by atoms with van der Waals surface area (Å²) in [5.41, 5.74) is 0.506. The first kappa shape index (κ1) is 23.8. The fraction of sp³-hybridized carbons (Fsp3) is 0.360. The van der Waals surface area contributed by atoms with Crippen LogP contribution in [0.15, 0.2) is 60.6 Å². The smallest absolute Gasteiger partial charge is 0.318 e. The van der Waals surface area contributed by atoms with Gasteiger partial charge in [0.1, 0.15) is 16.9 Å². The van der Waals surface area contributed by atoms with Gasteiger partial charge in [0.2, 0.25) is 5.88 Å². The second kappa shape index (κ2) is 10.8. The lowest BCUT2D eigenvalue weighted by molar-refractivity contribution is -0.151. The van der Waals surface area contributed by atoms with E-state index in [1.807, 2.05) is 50.3 Å². The Morgan fingerprint density at radius 1 is 1.24 bits per heavy atom. The minimum absolute atomic E-state index is 0.0114. The quantitative estimate of drug-likeness (QED) is 0.283. The third-order valence-electron chi connectivity index (χ3n) is 5.73. The highest BCUT2D eigenvalue weighted by Gasteiger charge is 2.46. The van der Waals surface area contributed by atoms with Crippen molar-refractivity contribution in [1.29, 1.82) is 0 Å². The van der Waals surface area contributed by atoms with Crippen molar-refractivity contribution in [2.75, 3.05) is 25.6 Å². The Kier molecular flexibility index (Phi) is 7.54. The van der Waals surface area contributed by atoms with Crippen LogP contribution in [0.1, 0.15) is 32.4 Å². The fourth-order valence-corrected chi connectivity index (χ4v) is 4.86. The number of carbonyl (C=O) groups is 1. The van der Waals surface area contributed by atoms with Crippen LogP contribution in [0.5, 0.6) is 5.88 Å². The van der Waals surface area contributed by atoms with E-state index in [4.69, 9.17) is 14.2 Å². The Morgan fingerprint density at radius 2 is 2.00 bits per heavy atom. The molecule has 1 aliphatic heterocycles. The topological polar surface area (TPSA) is 95.5 Å². The number of ether oxygens (including phenoxy) is 3. The summed E-state index contributed by atoms with van der Waals surface area (Å²) in [6, 6.07) is 8.06. The summed E-state index contributed by atoms with van der Waals surface area (Å²) in [5.74, 6) is 0.526.